The van der Waals surface area contributed by atoms with Gasteiger partial charge in [-0.05, 0) is 12.8 Å². The highest BCUT2D eigenvalue weighted by atomic mass is 35.5. The molecule has 1 aliphatic heterocycles. The van der Waals surface area contributed by atoms with Gasteiger partial charge in [-0.3, -0.25) is 4.90 Å². The van der Waals surface area contributed by atoms with E-state index in [4.69, 9.17) is 0 Å². The summed E-state index contributed by atoms with van der Waals surface area (Å²) < 4.78 is 23.3. The number of hydrogen-bond donors (Lipinski definition) is 1. The molecule has 0 aromatic rings. The molecule has 2 aliphatic rings. The number of nitrogens with zero attached hydrogens (tertiary/aromatic N) is 1. The van der Waals surface area contributed by atoms with Gasteiger partial charge in [0.1, 0.15) is 0 Å². The summed E-state index contributed by atoms with van der Waals surface area (Å²) in [5.41, 5.74) is 0.250. The fraction of sp³-hybridized carbons (Fsp3) is 1.00. The van der Waals surface area contributed by atoms with Crippen molar-refractivity contribution < 1.29 is 8.42 Å². The van der Waals surface area contributed by atoms with Crippen molar-refractivity contribution in [2.75, 3.05) is 37.7 Å². The van der Waals surface area contributed by atoms with Crippen LogP contribution in [0.1, 0.15) is 39.0 Å². The molecule has 0 radical (unpaired) electrons. The van der Waals surface area contributed by atoms with Gasteiger partial charge >= 0.3 is 0 Å². The van der Waals surface area contributed by atoms with Gasteiger partial charge in [0, 0.05) is 37.5 Å². The molecule has 19 heavy (non-hydrogen) atoms. The molecule has 0 atom stereocenters. The number of sulfone groups is 1. The summed E-state index contributed by atoms with van der Waals surface area (Å²) in [4.78, 5) is 2.45. The zero-order valence-electron chi connectivity index (χ0n) is 11.9. The van der Waals surface area contributed by atoms with E-state index in [9.17, 15) is 8.42 Å². The maximum atomic E-state index is 11.7. The number of halogens is 1. The zero-order valence-corrected chi connectivity index (χ0v) is 13.5. The second-order valence-electron chi connectivity index (χ2n) is 5.69. The molecule has 0 aromatic carbocycles. The average molecular weight is 311 g/mol. The maximum absolute atomic E-state index is 11.7. The van der Waals surface area contributed by atoms with E-state index in [1.54, 1.807) is 6.92 Å². The molecule has 1 saturated heterocycles. The van der Waals surface area contributed by atoms with Crippen LogP contribution >= 0.6 is 12.4 Å². The monoisotopic (exact) mass is 310 g/mol. The van der Waals surface area contributed by atoms with Crippen molar-refractivity contribution in [1.82, 2.24) is 10.2 Å². The number of piperazine rings is 1. The molecular formula is C13H27ClN2O2S. The molecule has 2 fully saturated rings. The molecule has 4 nitrogen and oxygen atoms in total. The first-order chi connectivity index (χ1) is 8.58. The third kappa shape index (κ3) is 4.31. The molecule has 1 N–H and O–H groups in total. The van der Waals surface area contributed by atoms with Gasteiger partial charge in [-0.25, -0.2) is 8.42 Å². The Bertz CT molecular complexity index is 359. The van der Waals surface area contributed by atoms with E-state index >= 15 is 0 Å². The fourth-order valence-corrected chi connectivity index (χ4v) is 4.12. The Kier molecular flexibility index (Phi) is 6.57. The second-order valence-corrected chi connectivity index (χ2v) is 8.16. The predicted molar refractivity (Wildman–Crippen MR) is 81.8 cm³/mol. The Morgan fingerprint density at radius 2 is 1.89 bits per heavy atom. The number of rotatable bonds is 4. The van der Waals surface area contributed by atoms with Crippen molar-refractivity contribution in [1.29, 1.82) is 0 Å². The molecule has 1 aliphatic carbocycles. The van der Waals surface area contributed by atoms with Crippen molar-refractivity contribution in [2.45, 2.75) is 44.6 Å². The van der Waals surface area contributed by atoms with E-state index in [0.717, 1.165) is 26.2 Å². The normalized spacial score (nSPS) is 24.1. The third-order valence-corrected chi connectivity index (χ3v) is 6.26. The lowest BCUT2D eigenvalue weighted by molar-refractivity contribution is 0.0330. The largest absolute Gasteiger partial charge is 0.314 e. The molecule has 114 valence electrons. The molecule has 6 heteroatoms. The first-order valence-corrected chi connectivity index (χ1v) is 9.06. The molecule has 2 rings (SSSR count). The second kappa shape index (κ2) is 7.25. The number of nitrogens with one attached hydrogen (secondary N) is 1. The average Bonchev–Trinajstić information content (AvgIpc) is 2.39. The highest BCUT2D eigenvalue weighted by Crippen LogP contribution is 2.34. The van der Waals surface area contributed by atoms with Crippen LogP contribution in [0.4, 0.5) is 0 Å². The molecule has 0 bridgehead atoms. The minimum Gasteiger partial charge on any atom is -0.314 e. The first kappa shape index (κ1) is 17.2. The van der Waals surface area contributed by atoms with Crippen molar-refractivity contribution in [3.8, 4) is 0 Å². The Morgan fingerprint density at radius 1 is 1.21 bits per heavy atom. The van der Waals surface area contributed by atoms with Crippen LogP contribution in [0, 0.1) is 0 Å². The Morgan fingerprint density at radius 3 is 2.53 bits per heavy atom. The van der Waals surface area contributed by atoms with E-state index in [0.29, 0.717) is 5.75 Å². The summed E-state index contributed by atoms with van der Waals surface area (Å²) >= 11 is 0. The van der Waals surface area contributed by atoms with Crippen molar-refractivity contribution in [3.63, 3.8) is 0 Å². The molecular weight excluding hydrogens is 284 g/mol. The van der Waals surface area contributed by atoms with Crippen LogP contribution in [0.3, 0.4) is 0 Å². The summed E-state index contributed by atoms with van der Waals surface area (Å²) in [7, 11) is -2.84. The SMILES string of the molecule is CCS(=O)(=O)CCN1CCNCC12CCCCC2.Cl. The van der Waals surface area contributed by atoms with E-state index in [2.05, 4.69) is 10.2 Å². The van der Waals surface area contributed by atoms with Crippen LogP contribution in [0.15, 0.2) is 0 Å². The topological polar surface area (TPSA) is 49.4 Å². The van der Waals surface area contributed by atoms with Gasteiger partial charge < -0.3 is 5.32 Å². The molecule has 0 aromatic heterocycles. The summed E-state index contributed by atoms with van der Waals surface area (Å²) in [6.45, 7) is 5.49. The van der Waals surface area contributed by atoms with Crippen LogP contribution in [0.2, 0.25) is 0 Å². The van der Waals surface area contributed by atoms with E-state index in [1.165, 1.54) is 32.1 Å². The van der Waals surface area contributed by atoms with Crippen LogP contribution in [0.25, 0.3) is 0 Å². The van der Waals surface area contributed by atoms with E-state index in [-0.39, 0.29) is 23.7 Å². The Hall–Kier alpha value is 0.160. The molecule has 1 heterocycles. The summed E-state index contributed by atoms with van der Waals surface area (Å²) in [5.74, 6) is 0.595. The fourth-order valence-electron chi connectivity index (χ4n) is 3.33. The maximum Gasteiger partial charge on any atom is 0.151 e. The van der Waals surface area contributed by atoms with Gasteiger partial charge in [-0.15, -0.1) is 12.4 Å². The van der Waals surface area contributed by atoms with Gasteiger partial charge in [0.2, 0.25) is 0 Å². The molecule has 0 unspecified atom stereocenters. The van der Waals surface area contributed by atoms with Gasteiger partial charge in [-0.2, -0.15) is 0 Å². The molecule has 0 amide bonds. The van der Waals surface area contributed by atoms with Crippen LogP contribution in [-0.2, 0) is 9.84 Å². The smallest absolute Gasteiger partial charge is 0.151 e. The van der Waals surface area contributed by atoms with Crippen molar-refractivity contribution in [3.05, 3.63) is 0 Å². The molecule has 1 saturated carbocycles. The zero-order chi connectivity index (χ0) is 13.1. The number of hydrogen-bond acceptors (Lipinski definition) is 4. The first-order valence-electron chi connectivity index (χ1n) is 7.24. The van der Waals surface area contributed by atoms with Crippen molar-refractivity contribution >= 4 is 22.2 Å². The van der Waals surface area contributed by atoms with Gasteiger partial charge in [0.15, 0.2) is 9.84 Å². The Labute approximate surface area is 123 Å². The van der Waals surface area contributed by atoms with Gasteiger partial charge in [-0.1, -0.05) is 26.2 Å². The highest BCUT2D eigenvalue weighted by Gasteiger charge is 2.39. The summed E-state index contributed by atoms with van der Waals surface area (Å²) in [5, 5.41) is 3.50. The van der Waals surface area contributed by atoms with Crippen LogP contribution in [0.5, 0.6) is 0 Å². The lowest BCUT2D eigenvalue weighted by atomic mass is 9.79. The minimum absolute atomic E-state index is 0. The lowest BCUT2D eigenvalue weighted by Crippen LogP contribution is -2.62. The van der Waals surface area contributed by atoms with Gasteiger partial charge in [0.05, 0.1) is 5.75 Å². The van der Waals surface area contributed by atoms with Gasteiger partial charge in [0.25, 0.3) is 0 Å². The third-order valence-electron chi connectivity index (χ3n) is 4.58. The quantitative estimate of drug-likeness (QED) is 0.854. The predicted octanol–water partition coefficient (Wildman–Crippen LogP) is 1.45. The highest BCUT2D eigenvalue weighted by molar-refractivity contribution is 7.91. The summed E-state index contributed by atoms with van der Waals surface area (Å²) in [6, 6.07) is 0. The van der Waals surface area contributed by atoms with E-state index < -0.39 is 9.84 Å². The van der Waals surface area contributed by atoms with Crippen LogP contribution in [-0.4, -0.2) is 56.5 Å². The van der Waals surface area contributed by atoms with Crippen molar-refractivity contribution in [2.24, 2.45) is 0 Å². The standard InChI is InChI=1S/C13H26N2O2S.ClH/c1-2-18(16,17)11-10-15-9-8-14-12-13(15)6-4-3-5-7-13;/h14H,2-12H2,1H3;1H. The lowest BCUT2D eigenvalue weighted by Gasteiger charge is -2.50. The van der Waals surface area contributed by atoms with E-state index in [1.807, 2.05) is 0 Å². The minimum atomic E-state index is -2.84. The van der Waals surface area contributed by atoms with Crippen LogP contribution < -0.4 is 5.32 Å². The molecule has 1 spiro atoms. The summed E-state index contributed by atoms with van der Waals surface area (Å²) in [6.07, 6.45) is 6.37. The Balaban J connectivity index is 0.00000180.